The number of carboxylic acids is 1. The molecule has 7 nitrogen and oxygen atoms in total. The molecule has 1 aliphatic heterocycles. The van der Waals surface area contributed by atoms with Crippen LogP contribution in [0.2, 0.25) is 0 Å². The molecule has 0 aliphatic carbocycles. The van der Waals surface area contributed by atoms with Gasteiger partial charge in [-0.05, 0) is 13.8 Å². The minimum Gasteiger partial charge on any atom is -0.480 e. The van der Waals surface area contributed by atoms with E-state index in [1.54, 1.807) is 13.8 Å². The zero-order valence-electron chi connectivity index (χ0n) is 11.2. The zero-order valence-corrected chi connectivity index (χ0v) is 12.0. The molecule has 0 spiro atoms. The highest BCUT2D eigenvalue weighted by molar-refractivity contribution is 7.99. The monoisotopic (exact) mass is 297 g/mol. The summed E-state index contributed by atoms with van der Waals surface area (Å²) in [6.45, 7) is 3.49. The summed E-state index contributed by atoms with van der Waals surface area (Å²) in [5.74, 6) is -0.952. The SMILES string of the molecule is CC(C)N(CC(=O)O)C(=O)c1cnc2n(c1=O)CCS2. The van der Waals surface area contributed by atoms with Gasteiger partial charge in [0, 0.05) is 24.5 Å². The lowest BCUT2D eigenvalue weighted by Gasteiger charge is -2.24. The Balaban J connectivity index is 2.37. The van der Waals surface area contributed by atoms with Crippen molar-refractivity contribution in [3.8, 4) is 0 Å². The van der Waals surface area contributed by atoms with Crippen molar-refractivity contribution in [3.05, 3.63) is 22.1 Å². The predicted molar refractivity (Wildman–Crippen MR) is 73.0 cm³/mol. The number of aliphatic carboxylic acids is 1. The lowest BCUT2D eigenvalue weighted by molar-refractivity contribution is -0.138. The Morgan fingerprint density at radius 1 is 1.55 bits per heavy atom. The van der Waals surface area contributed by atoms with Gasteiger partial charge >= 0.3 is 5.97 Å². The number of hydrogen-bond acceptors (Lipinski definition) is 5. The maximum absolute atomic E-state index is 12.3. The van der Waals surface area contributed by atoms with Crippen LogP contribution in [0.3, 0.4) is 0 Å². The molecule has 0 saturated carbocycles. The molecule has 108 valence electrons. The smallest absolute Gasteiger partial charge is 0.323 e. The number of rotatable bonds is 4. The third-order valence-corrected chi connectivity index (χ3v) is 3.95. The Kier molecular flexibility index (Phi) is 4.12. The molecule has 1 aromatic rings. The van der Waals surface area contributed by atoms with E-state index in [0.717, 1.165) is 10.7 Å². The number of carbonyl (C=O) groups excluding carboxylic acids is 1. The van der Waals surface area contributed by atoms with Crippen LogP contribution < -0.4 is 5.56 Å². The molecule has 0 atom stereocenters. The van der Waals surface area contributed by atoms with Crippen molar-refractivity contribution in [2.75, 3.05) is 12.3 Å². The fourth-order valence-corrected chi connectivity index (χ4v) is 2.87. The number of fused-ring (bicyclic) bond motifs is 1. The second-order valence-electron chi connectivity index (χ2n) is 4.68. The van der Waals surface area contributed by atoms with Crippen molar-refractivity contribution in [1.29, 1.82) is 0 Å². The van der Waals surface area contributed by atoms with Crippen molar-refractivity contribution in [2.24, 2.45) is 0 Å². The molecule has 0 aromatic carbocycles. The summed E-state index contributed by atoms with van der Waals surface area (Å²) >= 11 is 1.46. The van der Waals surface area contributed by atoms with Gasteiger partial charge in [0.25, 0.3) is 11.5 Å². The molecule has 0 unspecified atom stereocenters. The van der Waals surface area contributed by atoms with Crippen molar-refractivity contribution in [2.45, 2.75) is 31.6 Å². The number of nitrogens with zero attached hydrogens (tertiary/aromatic N) is 3. The van der Waals surface area contributed by atoms with Crippen LogP contribution in [0.4, 0.5) is 0 Å². The van der Waals surface area contributed by atoms with Crippen molar-refractivity contribution in [3.63, 3.8) is 0 Å². The number of amides is 1. The van der Waals surface area contributed by atoms with E-state index in [2.05, 4.69) is 4.98 Å². The molecule has 2 rings (SSSR count). The molecule has 8 heteroatoms. The van der Waals surface area contributed by atoms with Gasteiger partial charge in [0.05, 0.1) is 0 Å². The topological polar surface area (TPSA) is 92.5 Å². The first-order valence-electron chi connectivity index (χ1n) is 6.17. The molecular formula is C12H15N3O4S. The van der Waals surface area contributed by atoms with Gasteiger partial charge in [0.2, 0.25) is 0 Å². The first-order valence-corrected chi connectivity index (χ1v) is 7.15. The number of carboxylic acid groups (broad SMARTS) is 1. The minimum atomic E-state index is -1.11. The Morgan fingerprint density at radius 2 is 2.25 bits per heavy atom. The summed E-state index contributed by atoms with van der Waals surface area (Å²) in [7, 11) is 0. The maximum atomic E-state index is 12.3. The Labute approximate surface area is 119 Å². The van der Waals surface area contributed by atoms with E-state index in [4.69, 9.17) is 5.11 Å². The Morgan fingerprint density at radius 3 is 2.85 bits per heavy atom. The van der Waals surface area contributed by atoms with Gasteiger partial charge in [-0.1, -0.05) is 11.8 Å². The highest BCUT2D eigenvalue weighted by atomic mass is 32.2. The minimum absolute atomic E-state index is 0.0776. The average molecular weight is 297 g/mol. The molecule has 0 radical (unpaired) electrons. The second kappa shape index (κ2) is 5.66. The average Bonchev–Trinajstić information content (AvgIpc) is 2.84. The predicted octanol–water partition coefficient (Wildman–Crippen LogP) is 0.284. The van der Waals surface area contributed by atoms with Gasteiger partial charge in [0.15, 0.2) is 5.16 Å². The van der Waals surface area contributed by atoms with Crippen LogP contribution in [0.1, 0.15) is 24.2 Å². The molecule has 1 aliphatic rings. The molecule has 0 saturated heterocycles. The van der Waals surface area contributed by atoms with Gasteiger partial charge < -0.3 is 10.0 Å². The number of hydrogen-bond donors (Lipinski definition) is 1. The van der Waals surface area contributed by atoms with E-state index in [9.17, 15) is 14.4 Å². The third kappa shape index (κ3) is 2.69. The van der Waals surface area contributed by atoms with Crippen LogP contribution >= 0.6 is 11.8 Å². The zero-order chi connectivity index (χ0) is 14.9. The summed E-state index contributed by atoms with van der Waals surface area (Å²) < 4.78 is 1.46. The van der Waals surface area contributed by atoms with Crippen LogP contribution in [-0.2, 0) is 11.3 Å². The van der Waals surface area contributed by atoms with E-state index < -0.39 is 24.0 Å². The van der Waals surface area contributed by atoms with Crippen LogP contribution in [0.15, 0.2) is 16.1 Å². The lowest BCUT2D eigenvalue weighted by Crippen LogP contribution is -2.43. The standard InChI is InChI=1S/C12H15N3O4S/c1-7(2)15(6-9(16)17)11(19)8-5-13-12-14(10(8)18)3-4-20-12/h5,7H,3-4,6H2,1-2H3,(H,16,17). The van der Waals surface area contributed by atoms with E-state index >= 15 is 0 Å². The van der Waals surface area contributed by atoms with E-state index in [1.165, 1.54) is 22.5 Å². The highest BCUT2D eigenvalue weighted by Crippen LogP contribution is 2.20. The van der Waals surface area contributed by atoms with Crippen LogP contribution in [0.5, 0.6) is 0 Å². The molecular weight excluding hydrogens is 282 g/mol. The summed E-state index contributed by atoms with van der Waals surface area (Å²) in [6, 6.07) is -0.314. The quantitative estimate of drug-likeness (QED) is 0.803. The third-order valence-electron chi connectivity index (χ3n) is 2.98. The van der Waals surface area contributed by atoms with Crippen molar-refractivity contribution >= 4 is 23.6 Å². The second-order valence-corrected chi connectivity index (χ2v) is 5.74. The first-order chi connectivity index (χ1) is 9.41. The maximum Gasteiger partial charge on any atom is 0.323 e. The normalized spacial score (nSPS) is 13.3. The summed E-state index contributed by atoms with van der Waals surface area (Å²) in [4.78, 5) is 40.6. The van der Waals surface area contributed by atoms with Gasteiger partial charge in [-0.25, -0.2) is 4.98 Å². The highest BCUT2D eigenvalue weighted by Gasteiger charge is 2.26. The van der Waals surface area contributed by atoms with Crippen molar-refractivity contribution < 1.29 is 14.7 Å². The van der Waals surface area contributed by atoms with Crippen LogP contribution in [0, 0.1) is 0 Å². The van der Waals surface area contributed by atoms with E-state index in [0.29, 0.717) is 11.7 Å². The fraction of sp³-hybridized carbons (Fsp3) is 0.500. The van der Waals surface area contributed by atoms with Crippen LogP contribution in [-0.4, -0.2) is 49.8 Å². The van der Waals surface area contributed by atoms with E-state index in [-0.39, 0.29) is 11.6 Å². The summed E-state index contributed by atoms with van der Waals surface area (Å²) in [5, 5.41) is 9.45. The molecule has 2 heterocycles. The van der Waals surface area contributed by atoms with Gasteiger partial charge in [0.1, 0.15) is 12.1 Å². The first kappa shape index (κ1) is 14.6. The van der Waals surface area contributed by atoms with E-state index in [1.807, 2.05) is 0 Å². The van der Waals surface area contributed by atoms with Crippen LogP contribution in [0.25, 0.3) is 0 Å². The lowest BCUT2D eigenvalue weighted by atomic mass is 10.2. The molecule has 1 amide bonds. The van der Waals surface area contributed by atoms with Crippen molar-refractivity contribution in [1.82, 2.24) is 14.5 Å². The Hall–Kier alpha value is -1.83. The largest absolute Gasteiger partial charge is 0.480 e. The molecule has 1 aromatic heterocycles. The van der Waals surface area contributed by atoms with Gasteiger partial charge in [-0.15, -0.1) is 0 Å². The molecule has 20 heavy (non-hydrogen) atoms. The molecule has 0 bridgehead atoms. The fourth-order valence-electron chi connectivity index (χ4n) is 1.95. The Bertz CT molecular complexity index is 611. The molecule has 1 N–H and O–H groups in total. The number of carbonyl (C=O) groups is 2. The summed E-state index contributed by atoms with van der Waals surface area (Å²) in [5.41, 5.74) is -0.479. The summed E-state index contributed by atoms with van der Waals surface area (Å²) in [6.07, 6.45) is 1.24. The van der Waals surface area contributed by atoms with Gasteiger partial charge in [-0.2, -0.15) is 0 Å². The molecule has 0 fully saturated rings. The number of aromatic nitrogens is 2. The number of thioether (sulfide) groups is 1. The van der Waals surface area contributed by atoms with Gasteiger partial charge in [-0.3, -0.25) is 19.0 Å².